The zero-order valence-electron chi connectivity index (χ0n) is 12.3. The molecule has 1 aliphatic carbocycles. The minimum Gasteiger partial charge on any atom is -0.469 e. The van der Waals surface area contributed by atoms with Crippen LogP contribution < -0.4 is 0 Å². The number of morpholine rings is 1. The van der Waals surface area contributed by atoms with Gasteiger partial charge in [-0.25, -0.2) is 0 Å². The summed E-state index contributed by atoms with van der Waals surface area (Å²) in [5.74, 6) is 1.35. The van der Waals surface area contributed by atoms with Crippen molar-refractivity contribution >= 4 is 11.5 Å². The van der Waals surface area contributed by atoms with Crippen LogP contribution in [0.4, 0.5) is 0 Å². The van der Waals surface area contributed by atoms with Crippen LogP contribution in [0.15, 0.2) is 27.8 Å². The monoisotopic (exact) mass is 290 g/mol. The molecular weight excluding hydrogens is 268 g/mol. The first-order chi connectivity index (χ1) is 10.3. The van der Waals surface area contributed by atoms with Crippen LogP contribution >= 0.6 is 0 Å². The zero-order chi connectivity index (χ0) is 14.5. The molecule has 2 heterocycles. The van der Waals surface area contributed by atoms with Crippen molar-refractivity contribution in [1.29, 1.82) is 0 Å². The average molecular weight is 290 g/mol. The van der Waals surface area contributed by atoms with Gasteiger partial charge in [-0.1, -0.05) is 0 Å². The fraction of sp³-hybridized carbons (Fsp3) is 0.625. The second-order valence-corrected chi connectivity index (χ2v) is 5.74. The topological polar surface area (TPSA) is 55.0 Å². The van der Waals surface area contributed by atoms with Crippen molar-refractivity contribution in [1.82, 2.24) is 4.90 Å². The Morgan fingerprint density at radius 2 is 2.14 bits per heavy atom. The minimum atomic E-state index is 0.170. The first-order valence-electron chi connectivity index (χ1n) is 7.68. The van der Waals surface area contributed by atoms with E-state index >= 15 is 0 Å². The Kier molecular flexibility index (Phi) is 4.83. The normalized spacial score (nSPS) is 26.4. The Labute approximate surface area is 125 Å². The number of hydrogen-bond acceptors (Lipinski definition) is 5. The molecule has 0 radical (unpaired) electrons. The number of aliphatic imine (C=N–C) groups is 1. The Balaban J connectivity index is 1.53. The van der Waals surface area contributed by atoms with Gasteiger partial charge in [0.15, 0.2) is 0 Å². The van der Waals surface area contributed by atoms with Gasteiger partial charge in [0.05, 0.1) is 26.0 Å². The fourth-order valence-corrected chi connectivity index (χ4v) is 3.02. The lowest BCUT2D eigenvalue weighted by Crippen LogP contribution is -2.37. The minimum absolute atomic E-state index is 0.170. The van der Waals surface area contributed by atoms with E-state index in [1.807, 2.05) is 12.1 Å². The summed E-state index contributed by atoms with van der Waals surface area (Å²) in [5.41, 5.74) is 1.03. The first kappa shape index (κ1) is 14.5. The number of ketones is 1. The van der Waals surface area contributed by atoms with Crippen LogP contribution in [0.3, 0.4) is 0 Å². The van der Waals surface area contributed by atoms with Crippen molar-refractivity contribution < 1.29 is 13.9 Å². The Hall–Kier alpha value is -1.46. The van der Waals surface area contributed by atoms with Crippen LogP contribution in [0.25, 0.3) is 0 Å². The number of carbonyl (C=O) groups is 1. The van der Waals surface area contributed by atoms with Gasteiger partial charge in [0.2, 0.25) is 0 Å². The summed E-state index contributed by atoms with van der Waals surface area (Å²) < 4.78 is 10.8. The number of carbonyl (C=O) groups excluding carboxylic acids is 1. The van der Waals surface area contributed by atoms with E-state index in [0.717, 1.165) is 57.3 Å². The Morgan fingerprint density at radius 1 is 1.29 bits per heavy atom. The highest BCUT2D eigenvalue weighted by molar-refractivity contribution is 6.04. The average Bonchev–Trinajstić information content (AvgIpc) is 3.02. The van der Waals surface area contributed by atoms with E-state index in [1.165, 1.54) is 0 Å². The zero-order valence-corrected chi connectivity index (χ0v) is 12.3. The molecule has 1 aromatic rings. The SMILES string of the molecule is O=C1CC(=NCCN2CCOCC2)C[C@H](c2ccco2)C1. The molecule has 114 valence electrons. The van der Waals surface area contributed by atoms with Crippen molar-refractivity contribution in [3.8, 4) is 0 Å². The third-order valence-corrected chi connectivity index (χ3v) is 4.16. The predicted molar refractivity (Wildman–Crippen MR) is 79.9 cm³/mol. The molecule has 0 aromatic carbocycles. The van der Waals surface area contributed by atoms with Crippen LogP contribution in [0.1, 0.15) is 30.9 Å². The molecular formula is C16H22N2O3. The lowest BCUT2D eigenvalue weighted by molar-refractivity contribution is -0.118. The maximum atomic E-state index is 11.9. The van der Waals surface area contributed by atoms with Gasteiger partial charge in [0.25, 0.3) is 0 Å². The molecule has 21 heavy (non-hydrogen) atoms. The lowest BCUT2D eigenvalue weighted by Gasteiger charge is -2.26. The fourth-order valence-electron chi connectivity index (χ4n) is 3.02. The van der Waals surface area contributed by atoms with Gasteiger partial charge in [-0.2, -0.15) is 0 Å². The van der Waals surface area contributed by atoms with Gasteiger partial charge in [-0.3, -0.25) is 14.7 Å². The van der Waals surface area contributed by atoms with E-state index < -0.39 is 0 Å². The molecule has 0 N–H and O–H groups in total. The van der Waals surface area contributed by atoms with E-state index in [1.54, 1.807) is 6.26 Å². The molecule has 1 saturated carbocycles. The summed E-state index contributed by atoms with van der Waals surface area (Å²) in [7, 11) is 0. The van der Waals surface area contributed by atoms with Gasteiger partial charge >= 0.3 is 0 Å². The highest BCUT2D eigenvalue weighted by Crippen LogP contribution is 2.30. The molecule has 1 atom stereocenters. The van der Waals surface area contributed by atoms with E-state index in [2.05, 4.69) is 9.89 Å². The summed E-state index contributed by atoms with van der Waals surface area (Å²) in [6.07, 6.45) is 3.61. The smallest absolute Gasteiger partial charge is 0.139 e. The van der Waals surface area contributed by atoms with E-state index in [-0.39, 0.29) is 11.7 Å². The number of rotatable bonds is 4. The van der Waals surface area contributed by atoms with Crippen molar-refractivity contribution in [3.63, 3.8) is 0 Å². The van der Waals surface area contributed by atoms with Crippen molar-refractivity contribution in [3.05, 3.63) is 24.2 Å². The molecule has 5 nitrogen and oxygen atoms in total. The molecule has 1 aromatic heterocycles. The standard InChI is InChI=1S/C16H22N2O3/c19-15-11-13(16-2-1-7-21-16)10-14(12-15)17-3-4-18-5-8-20-9-6-18/h1-2,7,13H,3-6,8-12H2/t13-/m0/s1. The maximum Gasteiger partial charge on any atom is 0.139 e. The molecule has 0 unspecified atom stereocenters. The molecule has 1 aliphatic heterocycles. The molecule has 1 saturated heterocycles. The van der Waals surface area contributed by atoms with E-state index in [9.17, 15) is 4.79 Å². The van der Waals surface area contributed by atoms with Gasteiger partial charge in [0, 0.05) is 44.1 Å². The number of hydrogen-bond donors (Lipinski definition) is 0. The molecule has 0 amide bonds. The van der Waals surface area contributed by atoms with Gasteiger partial charge < -0.3 is 9.15 Å². The van der Waals surface area contributed by atoms with E-state index in [0.29, 0.717) is 12.8 Å². The Bertz CT molecular complexity index is 490. The summed E-state index contributed by atoms with van der Waals surface area (Å²) in [6.45, 7) is 5.32. The van der Waals surface area contributed by atoms with Crippen molar-refractivity contribution in [2.45, 2.75) is 25.2 Å². The highest BCUT2D eigenvalue weighted by atomic mass is 16.5. The Morgan fingerprint density at radius 3 is 2.90 bits per heavy atom. The molecule has 2 fully saturated rings. The quantitative estimate of drug-likeness (QED) is 0.849. The van der Waals surface area contributed by atoms with Crippen LogP contribution in [0.2, 0.25) is 0 Å². The molecule has 2 aliphatic rings. The number of Topliss-reactive ketones (excluding diaryl/α,β-unsaturated/α-hetero) is 1. The number of ether oxygens (including phenoxy) is 1. The number of nitrogens with zero attached hydrogens (tertiary/aromatic N) is 2. The van der Waals surface area contributed by atoms with Crippen molar-refractivity contribution in [2.75, 3.05) is 39.4 Å². The second kappa shape index (κ2) is 7.00. The third kappa shape index (κ3) is 4.02. The summed E-state index contributed by atoms with van der Waals surface area (Å²) in [5, 5.41) is 0. The van der Waals surface area contributed by atoms with E-state index in [4.69, 9.17) is 9.15 Å². The summed E-state index contributed by atoms with van der Waals surface area (Å²) >= 11 is 0. The first-order valence-corrected chi connectivity index (χ1v) is 7.68. The third-order valence-electron chi connectivity index (χ3n) is 4.16. The summed E-state index contributed by atoms with van der Waals surface area (Å²) in [6, 6.07) is 3.83. The molecule has 5 heteroatoms. The van der Waals surface area contributed by atoms with Crippen LogP contribution in [-0.2, 0) is 9.53 Å². The molecule has 3 rings (SSSR count). The molecule has 0 bridgehead atoms. The van der Waals surface area contributed by atoms with Crippen LogP contribution in [0, 0.1) is 0 Å². The largest absolute Gasteiger partial charge is 0.469 e. The molecule has 0 spiro atoms. The summed E-state index contributed by atoms with van der Waals surface area (Å²) in [4.78, 5) is 18.9. The van der Waals surface area contributed by atoms with Gasteiger partial charge in [-0.15, -0.1) is 0 Å². The lowest BCUT2D eigenvalue weighted by atomic mass is 9.85. The highest BCUT2D eigenvalue weighted by Gasteiger charge is 2.26. The van der Waals surface area contributed by atoms with Crippen LogP contribution in [0.5, 0.6) is 0 Å². The van der Waals surface area contributed by atoms with Crippen molar-refractivity contribution in [2.24, 2.45) is 4.99 Å². The maximum absolute atomic E-state index is 11.9. The second-order valence-electron chi connectivity index (χ2n) is 5.74. The van der Waals surface area contributed by atoms with Gasteiger partial charge in [-0.05, 0) is 18.6 Å². The number of furan rings is 1. The predicted octanol–water partition coefficient (Wildman–Crippen LogP) is 1.89. The van der Waals surface area contributed by atoms with Crippen LogP contribution in [-0.4, -0.2) is 55.8 Å². The van der Waals surface area contributed by atoms with Gasteiger partial charge in [0.1, 0.15) is 11.5 Å².